The molecule has 0 aliphatic carbocycles. The maximum atomic E-state index is 11.8. The molecule has 1 aromatic rings. The number of rotatable bonds is 3. The number of pyridine rings is 1. The van der Waals surface area contributed by atoms with Gasteiger partial charge in [-0.15, -0.1) is 0 Å². The Kier molecular flexibility index (Phi) is 3.51. The molecule has 9 heteroatoms. The minimum Gasteiger partial charge on any atom is -0.465 e. The van der Waals surface area contributed by atoms with Crippen LogP contribution in [0.4, 0.5) is 16.3 Å². The lowest BCUT2D eigenvalue weighted by molar-refractivity contribution is -0.385. The molecule has 2 rings (SSSR count). The lowest BCUT2D eigenvalue weighted by atomic mass is 10.3. The number of hydrogen-bond acceptors (Lipinski definition) is 5. The summed E-state index contributed by atoms with van der Waals surface area (Å²) in [5.41, 5.74) is 0.0792. The van der Waals surface area contributed by atoms with E-state index in [1.54, 1.807) is 0 Å². The van der Waals surface area contributed by atoms with E-state index in [-0.39, 0.29) is 36.1 Å². The Morgan fingerprint density at radius 1 is 1.60 bits per heavy atom. The Morgan fingerprint density at radius 3 is 2.85 bits per heavy atom. The van der Waals surface area contributed by atoms with E-state index in [1.807, 2.05) is 0 Å². The molecule has 0 unspecified atom stereocenters. The number of carbonyl (C=O) groups excluding carboxylic acids is 1. The summed E-state index contributed by atoms with van der Waals surface area (Å²) in [4.78, 5) is 37.9. The van der Waals surface area contributed by atoms with Crippen molar-refractivity contribution < 1.29 is 19.6 Å². The maximum Gasteiger partial charge on any atom is 0.404 e. The van der Waals surface area contributed by atoms with E-state index in [4.69, 9.17) is 5.11 Å². The summed E-state index contributed by atoms with van der Waals surface area (Å²) in [7, 11) is 0. The molecule has 2 amide bonds. The summed E-state index contributed by atoms with van der Waals surface area (Å²) in [5, 5.41) is 21.6. The fourth-order valence-electron chi connectivity index (χ4n) is 2.08. The summed E-state index contributed by atoms with van der Waals surface area (Å²) in [6.45, 7) is 1.64. The van der Waals surface area contributed by atoms with Crippen LogP contribution >= 0.6 is 0 Å². The molecule has 2 heterocycles. The SMILES string of the molecule is Cc1nc(N2C[C@H](NC(=O)O)CC2=O)ccc1[N+](=O)[O-]. The second-order valence-corrected chi connectivity index (χ2v) is 4.39. The normalized spacial score (nSPS) is 18.1. The Morgan fingerprint density at radius 2 is 2.30 bits per heavy atom. The molecule has 0 saturated carbocycles. The van der Waals surface area contributed by atoms with Crippen LogP contribution in [-0.2, 0) is 4.79 Å². The molecule has 1 aliphatic heterocycles. The lowest BCUT2D eigenvalue weighted by Gasteiger charge is -2.15. The van der Waals surface area contributed by atoms with Crippen LogP contribution in [0, 0.1) is 17.0 Å². The van der Waals surface area contributed by atoms with Crippen molar-refractivity contribution in [2.24, 2.45) is 0 Å². The summed E-state index contributed by atoms with van der Waals surface area (Å²) >= 11 is 0. The molecule has 106 valence electrons. The van der Waals surface area contributed by atoms with Crippen LogP contribution in [0.1, 0.15) is 12.1 Å². The number of nitrogens with zero attached hydrogens (tertiary/aromatic N) is 3. The van der Waals surface area contributed by atoms with Crippen molar-refractivity contribution in [3.05, 3.63) is 27.9 Å². The van der Waals surface area contributed by atoms with Gasteiger partial charge >= 0.3 is 6.09 Å². The molecule has 0 aromatic carbocycles. The van der Waals surface area contributed by atoms with Crippen molar-refractivity contribution in [1.29, 1.82) is 0 Å². The molecule has 0 bridgehead atoms. The zero-order valence-corrected chi connectivity index (χ0v) is 10.6. The van der Waals surface area contributed by atoms with Crippen molar-refractivity contribution >= 4 is 23.5 Å². The molecule has 0 radical (unpaired) electrons. The van der Waals surface area contributed by atoms with Gasteiger partial charge in [0.1, 0.15) is 11.5 Å². The first-order valence-corrected chi connectivity index (χ1v) is 5.80. The van der Waals surface area contributed by atoms with Gasteiger partial charge in [0.25, 0.3) is 5.69 Å². The van der Waals surface area contributed by atoms with Gasteiger partial charge in [0, 0.05) is 19.0 Å². The van der Waals surface area contributed by atoms with Crippen LogP contribution in [0.25, 0.3) is 0 Å². The van der Waals surface area contributed by atoms with E-state index in [0.29, 0.717) is 0 Å². The van der Waals surface area contributed by atoms with Gasteiger partial charge in [0.05, 0.1) is 11.0 Å². The van der Waals surface area contributed by atoms with Gasteiger partial charge in [-0.2, -0.15) is 0 Å². The van der Waals surface area contributed by atoms with Gasteiger partial charge in [0.15, 0.2) is 0 Å². The Balaban J connectivity index is 2.20. The number of hydrogen-bond donors (Lipinski definition) is 2. The highest BCUT2D eigenvalue weighted by Crippen LogP contribution is 2.24. The maximum absolute atomic E-state index is 11.8. The zero-order valence-electron chi connectivity index (χ0n) is 10.6. The van der Waals surface area contributed by atoms with Gasteiger partial charge in [0.2, 0.25) is 5.91 Å². The fraction of sp³-hybridized carbons (Fsp3) is 0.364. The van der Waals surface area contributed by atoms with Crippen molar-refractivity contribution in [3.63, 3.8) is 0 Å². The van der Waals surface area contributed by atoms with Crippen LogP contribution in [0.5, 0.6) is 0 Å². The number of carbonyl (C=O) groups is 2. The van der Waals surface area contributed by atoms with E-state index in [2.05, 4.69) is 10.3 Å². The third kappa shape index (κ3) is 2.66. The highest BCUT2D eigenvalue weighted by atomic mass is 16.6. The van der Waals surface area contributed by atoms with Crippen LogP contribution in [0.15, 0.2) is 12.1 Å². The number of aryl methyl sites for hydroxylation is 1. The lowest BCUT2D eigenvalue weighted by Crippen LogP contribution is -2.36. The molecule has 1 fully saturated rings. The van der Waals surface area contributed by atoms with Gasteiger partial charge < -0.3 is 10.4 Å². The molecule has 1 atom stereocenters. The van der Waals surface area contributed by atoms with Gasteiger partial charge in [-0.05, 0) is 13.0 Å². The van der Waals surface area contributed by atoms with Gasteiger partial charge in [-0.3, -0.25) is 19.8 Å². The largest absolute Gasteiger partial charge is 0.465 e. The second kappa shape index (κ2) is 5.11. The summed E-state index contributed by atoms with van der Waals surface area (Å²) in [6.07, 6.45) is -1.15. The topological polar surface area (TPSA) is 126 Å². The third-order valence-corrected chi connectivity index (χ3v) is 2.97. The van der Waals surface area contributed by atoms with E-state index in [1.165, 1.54) is 24.0 Å². The van der Waals surface area contributed by atoms with Gasteiger partial charge in [-0.1, -0.05) is 0 Å². The molecule has 1 aliphatic rings. The van der Waals surface area contributed by atoms with Gasteiger partial charge in [-0.25, -0.2) is 9.78 Å². The van der Waals surface area contributed by atoms with Crippen LogP contribution in [0.2, 0.25) is 0 Å². The first-order valence-electron chi connectivity index (χ1n) is 5.80. The quantitative estimate of drug-likeness (QED) is 0.619. The van der Waals surface area contributed by atoms with E-state index in [9.17, 15) is 19.7 Å². The predicted octanol–water partition coefficient (Wildman–Crippen LogP) is 0.671. The van der Waals surface area contributed by atoms with Crippen molar-refractivity contribution in [2.45, 2.75) is 19.4 Å². The molecule has 2 N–H and O–H groups in total. The van der Waals surface area contributed by atoms with Crippen molar-refractivity contribution in [2.75, 3.05) is 11.4 Å². The summed E-state index contributed by atoms with van der Waals surface area (Å²) in [6, 6.07) is 2.16. The first kappa shape index (κ1) is 13.7. The highest BCUT2D eigenvalue weighted by molar-refractivity contribution is 5.95. The number of anilines is 1. The summed E-state index contributed by atoms with van der Waals surface area (Å²) in [5.74, 6) is 0.0114. The molecular weight excluding hydrogens is 268 g/mol. The van der Waals surface area contributed by atoms with Crippen molar-refractivity contribution in [3.8, 4) is 0 Å². The standard InChI is InChI=1S/C11H12N4O5/c1-6-8(15(19)20)2-3-9(12-6)14-5-7(4-10(14)16)13-11(17)18/h2-3,7,13H,4-5H2,1H3,(H,17,18)/t7-/m1/s1. The van der Waals surface area contributed by atoms with E-state index >= 15 is 0 Å². The average Bonchev–Trinajstić information content (AvgIpc) is 2.68. The van der Waals surface area contributed by atoms with Crippen LogP contribution < -0.4 is 10.2 Å². The molecule has 0 spiro atoms. The minimum absolute atomic E-state index is 0.0456. The predicted molar refractivity (Wildman–Crippen MR) is 67.5 cm³/mol. The Bertz CT molecular complexity index is 588. The molecule has 1 saturated heterocycles. The summed E-state index contributed by atoms with van der Waals surface area (Å²) < 4.78 is 0. The fourth-order valence-corrected chi connectivity index (χ4v) is 2.08. The highest BCUT2D eigenvalue weighted by Gasteiger charge is 2.32. The first-order chi connectivity index (χ1) is 9.38. The number of nitro groups is 1. The molecule has 1 aromatic heterocycles. The monoisotopic (exact) mass is 280 g/mol. The van der Waals surface area contributed by atoms with E-state index < -0.39 is 17.1 Å². The van der Waals surface area contributed by atoms with Crippen molar-refractivity contribution in [1.82, 2.24) is 10.3 Å². The molecular formula is C11H12N4O5. The zero-order chi connectivity index (χ0) is 14.9. The van der Waals surface area contributed by atoms with Crippen LogP contribution in [-0.4, -0.2) is 39.6 Å². The minimum atomic E-state index is -1.20. The third-order valence-electron chi connectivity index (χ3n) is 2.97. The number of carboxylic acid groups (broad SMARTS) is 1. The number of amides is 2. The van der Waals surface area contributed by atoms with Crippen LogP contribution in [0.3, 0.4) is 0 Å². The second-order valence-electron chi connectivity index (χ2n) is 4.39. The Labute approximate surface area is 113 Å². The Hall–Kier alpha value is -2.71. The molecule has 20 heavy (non-hydrogen) atoms. The number of aromatic nitrogens is 1. The average molecular weight is 280 g/mol. The smallest absolute Gasteiger partial charge is 0.404 e. The van der Waals surface area contributed by atoms with E-state index in [0.717, 1.165) is 0 Å². The number of nitrogens with one attached hydrogen (secondary N) is 1. The molecule has 9 nitrogen and oxygen atoms in total.